The van der Waals surface area contributed by atoms with E-state index in [9.17, 15) is 13.2 Å². The van der Waals surface area contributed by atoms with Crippen LogP contribution in [0.2, 0.25) is 0 Å². The van der Waals surface area contributed by atoms with Crippen LogP contribution >= 0.6 is 0 Å². The van der Waals surface area contributed by atoms with E-state index >= 15 is 0 Å². The second kappa shape index (κ2) is 6.04. The molecule has 1 aliphatic heterocycles. The van der Waals surface area contributed by atoms with Crippen molar-refractivity contribution in [3.05, 3.63) is 23.1 Å². The number of nitrogens with zero attached hydrogens (tertiary/aromatic N) is 3. The second-order valence-corrected chi connectivity index (χ2v) is 8.33. The quantitative estimate of drug-likeness (QED) is 0.848. The van der Waals surface area contributed by atoms with Gasteiger partial charge in [0.05, 0.1) is 22.9 Å². The Kier molecular flexibility index (Phi) is 4.20. The summed E-state index contributed by atoms with van der Waals surface area (Å²) in [5.74, 6) is -0.212. The standard InChI is InChI=1S/C15H21N5O3S/c1-4-20-10(3)14(9(2)19-20)12-7-13(18-17-12)15(21)16-11-5-6-24(22,23)8-11/h7,11H,4-6,8H2,1-3H3,(H,16,21)(H,17,18). The first-order chi connectivity index (χ1) is 11.3. The first kappa shape index (κ1) is 16.7. The number of carbonyl (C=O) groups is 1. The van der Waals surface area contributed by atoms with E-state index in [-0.39, 0.29) is 23.5 Å². The highest BCUT2D eigenvalue weighted by molar-refractivity contribution is 7.91. The maximum atomic E-state index is 12.3. The molecule has 1 amide bonds. The van der Waals surface area contributed by atoms with Gasteiger partial charge in [0.25, 0.3) is 5.91 Å². The highest BCUT2D eigenvalue weighted by atomic mass is 32.2. The predicted molar refractivity (Wildman–Crippen MR) is 89.5 cm³/mol. The van der Waals surface area contributed by atoms with Crippen molar-refractivity contribution < 1.29 is 13.2 Å². The summed E-state index contributed by atoms with van der Waals surface area (Å²) < 4.78 is 24.8. The summed E-state index contributed by atoms with van der Waals surface area (Å²) in [5, 5.41) is 14.2. The number of aryl methyl sites for hydroxylation is 2. The fourth-order valence-electron chi connectivity index (χ4n) is 3.11. The molecule has 3 rings (SSSR count). The van der Waals surface area contributed by atoms with E-state index in [2.05, 4.69) is 20.6 Å². The first-order valence-corrected chi connectivity index (χ1v) is 9.74. The summed E-state index contributed by atoms with van der Waals surface area (Å²) in [7, 11) is -3.02. The Morgan fingerprint density at radius 3 is 2.79 bits per heavy atom. The molecule has 0 aliphatic carbocycles. The van der Waals surface area contributed by atoms with Crippen molar-refractivity contribution in [2.75, 3.05) is 11.5 Å². The Morgan fingerprint density at radius 1 is 1.46 bits per heavy atom. The number of nitrogens with one attached hydrogen (secondary N) is 2. The summed E-state index contributed by atoms with van der Waals surface area (Å²) in [5.41, 5.74) is 3.74. The van der Waals surface area contributed by atoms with E-state index in [1.54, 1.807) is 6.07 Å². The molecule has 130 valence electrons. The van der Waals surface area contributed by atoms with E-state index in [4.69, 9.17) is 0 Å². The minimum atomic E-state index is -3.02. The number of sulfone groups is 1. The van der Waals surface area contributed by atoms with Crippen molar-refractivity contribution in [1.29, 1.82) is 0 Å². The number of carbonyl (C=O) groups excluding carboxylic acids is 1. The number of aromatic amines is 1. The molecule has 3 heterocycles. The molecule has 1 saturated heterocycles. The molecule has 9 heteroatoms. The summed E-state index contributed by atoms with van der Waals surface area (Å²) in [4.78, 5) is 12.3. The van der Waals surface area contributed by atoms with Crippen molar-refractivity contribution in [2.45, 2.75) is 39.8 Å². The van der Waals surface area contributed by atoms with Crippen LogP contribution in [0.15, 0.2) is 6.07 Å². The number of aromatic nitrogens is 4. The third-order valence-electron chi connectivity index (χ3n) is 4.33. The molecule has 0 spiro atoms. The average Bonchev–Trinajstić information content (AvgIpc) is 3.17. The van der Waals surface area contributed by atoms with E-state index in [1.165, 1.54) is 0 Å². The fraction of sp³-hybridized carbons (Fsp3) is 0.533. The number of rotatable bonds is 4. The highest BCUT2D eigenvalue weighted by Gasteiger charge is 2.29. The van der Waals surface area contributed by atoms with E-state index in [1.807, 2.05) is 25.5 Å². The van der Waals surface area contributed by atoms with Gasteiger partial charge in [-0.3, -0.25) is 14.6 Å². The Hall–Kier alpha value is -2.16. The number of hydrogen-bond acceptors (Lipinski definition) is 5. The molecular formula is C15H21N5O3S. The number of hydrogen-bond donors (Lipinski definition) is 2. The number of H-pyrrole nitrogens is 1. The lowest BCUT2D eigenvalue weighted by Gasteiger charge is -2.08. The van der Waals surface area contributed by atoms with Crippen molar-refractivity contribution in [2.24, 2.45) is 0 Å². The van der Waals surface area contributed by atoms with Crippen molar-refractivity contribution >= 4 is 15.7 Å². The van der Waals surface area contributed by atoms with Crippen LogP contribution < -0.4 is 5.32 Å². The summed E-state index contributed by atoms with van der Waals surface area (Å²) in [6, 6.07) is 1.34. The van der Waals surface area contributed by atoms with Gasteiger partial charge in [-0.2, -0.15) is 10.2 Å². The van der Waals surface area contributed by atoms with E-state index in [0.717, 1.165) is 23.5 Å². The zero-order chi connectivity index (χ0) is 17.5. The summed E-state index contributed by atoms with van der Waals surface area (Å²) in [6.45, 7) is 6.66. The molecule has 0 radical (unpaired) electrons. The normalized spacial score (nSPS) is 19.5. The molecule has 1 unspecified atom stereocenters. The second-order valence-electron chi connectivity index (χ2n) is 6.10. The molecule has 1 atom stereocenters. The fourth-order valence-corrected chi connectivity index (χ4v) is 4.79. The predicted octanol–water partition coefficient (Wildman–Crippen LogP) is 0.827. The van der Waals surface area contributed by atoms with Gasteiger partial charge in [0, 0.05) is 23.8 Å². The van der Waals surface area contributed by atoms with Gasteiger partial charge in [0.1, 0.15) is 5.69 Å². The minimum absolute atomic E-state index is 0.00121. The van der Waals surface area contributed by atoms with Gasteiger partial charge >= 0.3 is 0 Å². The van der Waals surface area contributed by atoms with Gasteiger partial charge in [0.2, 0.25) is 0 Å². The third kappa shape index (κ3) is 3.08. The van der Waals surface area contributed by atoms with Crippen LogP contribution in [0, 0.1) is 13.8 Å². The topological polar surface area (TPSA) is 110 Å². The lowest BCUT2D eigenvalue weighted by atomic mass is 10.1. The van der Waals surface area contributed by atoms with Gasteiger partial charge < -0.3 is 5.32 Å². The van der Waals surface area contributed by atoms with E-state index in [0.29, 0.717) is 17.8 Å². The van der Waals surface area contributed by atoms with Gasteiger partial charge in [0.15, 0.2) is 9.84 Å². The Morgan fingerprint density at radius 2 is 2.21 bits per heavy atom. The molecule has 2 aromatic heterocycles. The lowest BCUT2D eigenvalue weighted by molar-refractivity contribution is 0.0936. The molecule has 2 N–H and O–H groups in total. The van der Waals surface area contributed by atoms with Gasteiger partial charge in [-0.1, -0.05) is 0 Å². The summed E-state index contributed by atoms with van der Waals surface area (Å²) >= 11 is 0. The van der Waals surface area contributed by atoms with Crippen LogP contribution in [0.5, 0.6) is 0 Å². The van der Waals surface area contributed by atoms with Crippen LogP contribution in [0.3, 0.4) is 0 Å². The SMILES string of the molecule is CCn1nc(C)c(-c2cc(C(=O)NC3CCS(=O)(=O)C3)[nH]n2)c1C. The monoisotopic (exact) mass is 351 g/mol. The van der Waals surface area contributed by atoms with Gasteiger partial charge in [-0.25, -0.2) is 8.42 Å². The van der Waals surface area contributed by atoms with E-state index < -0.39 is 9.84 Å². The smallest absolute Gasteiger partial charge is 0.269 e. The molecule has 1 aliphatic rings. The van der Waals surface area contributed by atoms with Crippen LogP contribution in [0.4, 0.5) is 0 Å². The Labute approximate surface area is 140 Å². The van der Waals surface area contributed by atoms with Crippen LogP contribution in [-0.4, -0.2) is 51.9 Å². The van der Waals surface area contributed by atoms with Crippen molar-refractivity contribution in [3.63, 3.8) is 0 Å². The molecule has 8 nitrogen and oxygen atoms in total. The maximum absolute atomic E-state index is 12.3. The minimum Gasteiger partial charge on any atom is -0.347 e. The summed E-state index contributed by atoms with van der Waals surface area (Å²) in [6.07, 6.45) is 0.455. The molecule has 1 fully saturated rings. The molecule has 0 aromatic carbocycles. The Bertz CT molecular complexity index is 881. The van der Waals surface area contributed by atoms with Crippen LogP contribution in [-0.2, 0) is 16.4 Å². The first-order valence-electron chi connectivity index (χ1n) is 7.92. The van der Waals surface area contributed by atoms with Gasteiger partial charge in [-0.15, -0.1) is 0 Å². The molecule has 2 aromatic rings. The molecule has 0 saturated carbocycles. The maximum Gasteiger partial charge on any atom is 0.269 e. The number of amides is 1. The highest BCUT2D eigenvalue weighted by Crippen LogP contribution is 2.25. The third-order valence-corrected chi connectivity index (χ3v) is 6.10. The van der Waals surface area contributed by atoms with Crippen molar-refractivity contribution in [3.8, 4) is 11.3 Å². The van der Waals surface area contributed by atoms with Gasteiger partial charge in [-0.05, 0) is 33.3 Å². The average molecular weight is 351 g/mol. The largest absolute Gasteiger partial charge is 0.347 e. The van der Waals surface area contributed by atoms with Crippen molar-refractivity contribution in [1.82, 2.24) is 25.3 Å². The zero-order valence-corrected chi connectivity index (χ0v) is 14.8. The zero-order valence-electron chi connectivity index (χ0n) is 14.0. The Balaban J connectivity index is 1.79. The van der Waals surface area contributed by atoms with Crippen LogP contribution in [0.1, 0.15) is 35.2 Å². The molecular weight excluding hydrogens is 330 g/mol. The lowest BCUT2D eigenvalue weighted by Crippen LogP contribution is -2.35. The molecule has 24 heavy (non-hydrogen) atoms. The van der Waals surface area contributed by atoms with Crippen LogP contribution in [0.25, 0.3) is 11.3 Å². The molecule has 0 bridgehead atoms.